The second-order valence-corrected chi connectivity index (χ2v) is 5.27. The summed E-state index contributed by atoms with van der Waals surface area (Å²) in [4.78, 5) is 7.37. The van der Waals surface area contributed by atoms with E-state index in [1.165, 1.54) is 0 Å². The first-order chi connectivity index (χ1) is 10.8. The molecule has 1 aliphatic rings. The first kappa shape index (κ1) is 12.7. The van der Waals surface area contributed by atoms with Crippen LogP contribution >= 0.6 is 0 Å². The van der Waals surface area contributed by atoms with Crippen molar-refractivity contribution in [2.24, 2.45) is 0 Å². The van der Waals surface area contributed by atoms with Gasteiger partial charge >= 0.3 is 0 Å². The van der Waals surface area contributed by atoms with Gasteiger partial charge in [0, 0.05) is 23.8 Å². The largest absolute Gasteiger partial charge is 0.365 e. The molecular formula is C18H16N4. The smallest absolute Gasteiger partial charge is 0.137 e. The number of rotatable bonds is 2. The minimum Gasteiger partial charge on any atom is -0.365 e. The number of hydrogen-bond acceptors (Lipinski definition) is 2. The van der Waals surface area contributed by atoms with Crippen LogP contribution in [0.2, 0.25) is 0 Å². The number of hydrogen-bond donors (Lipinski definition) is 2. The van der Waals surface area contributed by atoms with Crippen molar-refractivity contribution in [3.8, 4) is 0 Å². The summed E-state index contributed by atoms with van der Waals surface area (Å²) < 4.78 is 0. The molecule has 3 aromatic rings. The fraction of sp³-hybridized carbons (Fsp3) is 0.0556. The molecule has 0 atom stereocenters. The number of nitrogens with one attached hydrogen (secondary N) is 2. The molecule has 0 amide bonds. The lowest BCUT2D eigenvalue weighted by Crippen LogP contribution is -2.44. The average Bonchev–Trinajstić information content (AvgIpc) is 3.07. The van der Waals surface area contributed by atoms with Crippen LogP contribution in [-0.2, 0) is 0 Å². The van der Waals surface area contributed by atoms with Crippen LogP contribution in [0.4, 0.5) is 17.1 Å². The number of benzene rings is 2. The summed E-state index contributed by atoms with van der Waals surface area (Å²) in [5.74, 6) is 0.523. The van der Waals surface area contributed by atoms with Crippen molar-refractivity contribution in [3.63, 3.8) is 0 Å². The highest BCUT2D eigenvalue weighted by atomic mass is 15.4. The van der Waals surface area contributed by atoms with Gasteiger partial charge in [-0.15, -0.1) is 0 Å². The van der Waals surface area contributed by atoms with Crippen LogP contribution in [0.15, 0.2) is 73.1 Å². The quantitative estimate of drug-likeness (QED) is 0.750. The Morgan fingerprint density at radius 1 is 0.773 bits per heavy atom. The number of H-pyrrole nitrogens is 1. The minimum absolute atomic E-state index is 0.523. The summed E-state index contributed by atoms with van der Waals surface area (Å²) in [6, 6.07) is 20.3. The van der Waals surface area contributed by atoms with E-state index in [-0.39, 0.29) is 0 Å². The Morgan fingerprint density at radius 3 is 2.00 bits per heavy atom. The van der Waals surface area contributed by atoms with E-state index < -0.39 is 0 Å². The highest BCUT2D eigenvalue weighted by molar-refractivity contribution is 6.13. The van der Waals surface area contributed by atoms with E-state index in [0.717, 1.165) is 22.6 Å². The molecule has 4 rings (SSSR count). The van der Waals surface area contributed by atoms with Gasteiger partial charge in [-0.05, 0) is 24.3 Å². The van der Waals surface area contributed by atoms with Crippen molar-refractivity contribution in [1.29, 1.82) is 5.41 Å². The first-order valence-corrected chi connectivity index (χ1v) is 7.25. The Morgan fingerprint density at radius 2 is 1.36 bits per heavy atom. The van der Waals surface area contributed by atoms with E-state index >= 15 is 0 Å². The number of nitrogens with zero attached hydrogens (tertiary/aromatic N) is 2. The number of anilines is 3. The van der Waals surface area contributed by atoms with Crippen molar-refractivity contribution in [2.45, 2.75) is 0 Å². The molecule has 0 bridgehead atoms. The van der Waals surface area contributed by atoms with E-state index in [2.05, 4.69) is 22.0 Å². The summed E-state index contributed by atoms with van der Waals surface area (Å²) >= 11 is 0. The van der Waals surface area contributed by atoms with E-state index in [9.17, 15) is 0 Å². The molecule has 1 aliphatic heterocycles. The van der Waals surface area contributed by atoms with Crippen molar-refractivity contribution >= 4 is 22.9 Å². The van der Waals surface area contributed by atoms with Gasteiger partial charge in [-0.1, -0.05) is 36.4 Å². The summed E-state index contributed by atoms with van der Waals surface area (Å²) in [5, 5.41) is 8.51. The van der Waals surface area contributed by atoms with Crippen LogP contribution in [0, 0.1) is 5.41 Å². The fourth-order valence-corrected chi connectivity index (χ4v) is 2.85. The van der Waals surface area contributed by atoms with Crippen LogP contribution < -0.4 is 9.80 Å². The zero-order valence-electron chi connectivity index (χ0n) is 12.0. The van der Waals surface area contributed by atoms with Gasteiger partial charge < -0.3 is 14.8 Å². The summed E-state index contributed by atoms with van der Waals surface area (Å²) in [7, 11) is 0. The maximum Gasteiger partial charge on any atom is 0.137 e. The van der Waals surface area contributed by atoms with Crippen molar-refractivity contribution in [1.82, 2.24) is 4.98 Å². The molecule has 22 heavy (non-hydrogen) atoms. The third-order valence-corrected chi connectivity index (χ3v) is 3.96. The topological polar surface area (TPSA) is 46.1 Å². The number of aromatic amines is 1. The van der Waals surface area contributed by atoms with E-state index in [1.54, 1.807) is 0 Å². The Labute approximate surface area is 129 Å². The van der Waals surface area contributed by atoms with Gasteiger partial charge in [0.05, 0.1) is 11.3 Å². The van der Waals surface area contributed by atoms with Gasteiger partial charge in [-0.3, -0.25) is 5.41 Å². The Kier molecular flexibility index (Phi) is 2.93. The van der Waals surface area contributed by atoms with Crippen LogP contribution in [0.3, 0.4) is 0 Å². The van der Waals surface area contributed by atoms with E-state index in [4.69, 9.17) is 5.41 Å². The Hall–Kier alpha value is -3.01. The molecule has 0 unspecified atom stereocenters. The minimum atomic E-state index is 0.523. The second kappa shape index (κ2) is 5.07. The summed E-state index contributed by atoms with van der Waals surface area (Å²) in [6.45, 7) is 0.623. The van der Waals surface area contributed by atoms with E-state index in [0.29, 0.717) is 12.5 Å². The number of para-hydroxylation sites is 2. The molecular weight excluding hydrogens is 272 g/mol. The van der Waals surface area contributed by atoms with Gasteiger partial charge in [0.25, 0.3) is 0 Å². The number of amidine groups is 1. The fourth-order valence-electron chi connectivity index (χ4n) is 2.85. The Bertz CT molecular complexity index is 792. The third kappa shape index (κ3) is 1.97. The van der Waals surface area contributed by atoms with Crippen LogP contribution in [-0.4, -0.2) is 17.5 Å². The molecule has 2 aromatic carbocycles. The molecule has 1 aromatic heterocycles. The van der Waals surface area contributed by atoms with Crippen molar-refractivity contribution in [2.75, 3.05) is 16.5 Å². The average molecular weight is 288 g/mol. The summed E-state index contributed by atoms with van der Waals surface area (Å²) in [6.07, 6.45) is 3.85. The molecule has 2 heterocycles. The molecule has 108 valence electrons. The van der Waals surface area contributed by atoms with Crippen LogP contribution in [0.25, 0.3) is 0 Å². The zero-order chi connectivity index (χ0) is 14.9. The molecule has 0 aliphatic carbocycles. The lowest BCUT2D eigenvalue weighted by atomic mass is 10.1. The number of fused-ring (bicyclic) bond motifs is 1. The lowest BCUT2D eigenvalue weighted by Gasteiger charge is -2.38. The third-order valence-electron chi connectivity index (χ3n) is 3.96. The van der Waals surface area contributed by atoms with Crippen molar-refractivity contribution < 1.29 is 0 Å². The normalized spacial score (nSPS) is 14.1. The standard InChI is InChI=1S/C18H16N4/c19-18-16-11-20-12-17(16)21(14-7-3-1-4-8-14)13-22(18)15-9-5-2-6-10-15/h1-12,19-20H,13H2. The summed E-state index contributed by atoms with van der Waals surface area (Å²) in [5.41, 5.74) is 4.11. The van der Waals surface area contributed by atoms with Crippen LogP contribution in [0.1, 0.15) is 5.56 Å². The van der Waals surface area contributed by atoms with Gasteiger partial charge in [0.15, 0.2) is 0 Å². The highest BCUT2D eigenvalue weighted by Crippen LogP contribution is 2.35. The maximum absolute atomic E-state index is 8.51. The molecule has 0 radical (unpaired) electrons. The zero-order valence-corrected chi connectivity index (χ0v) is 12.0. The second-order valence-electron chi connectivity index (χ2n) is 5.27. The van der Waals surface area contributed by atoms with Gasteiger partial charge in [0.1, 0.15) is 12.5 Å². The monoisotopic (exact) mass is 288 g/mol. The predicted molar refractivity (Wildman–Crippen MR) is 90.0 cm³/mol. The van der Waals surface area contributed by atoms with Gasteiger partial charge in [-0.2, -0.15) is 0 Å². The predicted octanol–water partition coefficient (Wildman–Crippen LogP) is 3.96. The Balaban J connectivity index is 1.81. The maximum atomic E-state index is 8.51. The highest BCUT2D eigenvalue weighted by Gasteiger charge is 2.29. The van der Waals surface area contributed by atoms with Gasteiger partial charge in [0.2, 0.25) is 0 Å². The molecule has 2 N–H and O–H groups in total. The van der Waals surface area contributed by atoms with Gasteiger partial charge in [-0.25, -0.2) is 0 Å². The molecule has 0 saturated carbocycles. The molecule has 0 spiro atoms. The number of aromatic nitrogens is 1. The molecule has 0 fully saturated rings. The SMILES string of the molecule is N=C1c2c[nH]cc2N(c2ccccc2)CN1c1ccccc1. The molecule has 0 saturated heterocycles. The first-order valence-electron chi connectivity index (χ1n) is 7.25. The van der Waals surface area contributed by atoms with E-state index in [1.807, 2.05) is 65.8 Å². The molecule has 4 nitrogen and oxygen atoms in total. The van der Waals surface area contributed by atoms with Crippen molar-refractivity contribution in [3.05, 3.63) is 78.6 Å². The molecule has 4 heteroatoms. The van der Waals surface area contributed by atoms with Crippen LogP contribution in [0.5, 0.6) is 0 Å². The lowest BCUT2D eigenvalue weighted by molar-refractivity contribution is 0.921.